The van der Waals surface area contributed by atoms with E-state index in [9.17, 15) is 0 Å². The molecule has 1 aromatic rings. The van der Waals surface area contributed by atoms with Crippen LogP contribution in [0.3, 0.4) is 0 Å². The van der Waals surface area contributed by atoms with Gasteiger partial charge in [-0.15, -0.1) is 0 Å². The molecule has 2 heteroatoms. The fourth-order valence-corrected chi connectivity index (χ4v) is 5.71. The van der Waals surface area contributed by atoms with Gasteiger partial charge in [0.15, 0.2) is 0 Å². The molecule has 4 fully saturated rings. The summed E-state index contributed by atoms with van der Waals surface area (Å²) in [5, 5.41) is 3.58. The van der Waals surface area contributed by atoms with E-state index in [0.29, 0.717) is 6.04 Å². The zero-order chi connectivity index (χ0) is 13.0. The van der Waals surface area contributed by atoms with Crippen molar-refractivity contribution in [3.63, 3.8) is 0 Å². The van der Waals surface area contributed by atoms with Crippen LogP contribution in [-0.4, -0.2) is 7.05 Å². The molecule has 4 aliphatic carbocycles. The van der Waals surface area contributed by atoms with Gasteiger partial charge in [-0.05, 0) is 87.3 Å². The Morgan fingerprint density at radius 2 is 1.74 bits per heavy atom. The fraction of sp³-hybridized carbons (Fsp3) is 0.765. The molecule has 0 saturated heterocycles. The predicted molar refractivity (Wildman–Crippen MR) is 75.8 cm³/mol. The molecule has 5 rings (SSSR count). The molecule has 0 radical (unpaired) electrons. The van der Waals surface area contributed by atoms with Gasteiger partial charge in [0.25, 0.3) is 0 Å². The highest BCUT2D eigenvalue weighted by atomic mass is 16.3. The topological polar surface area (TPSA) is 25.2 Å². The summed E-state index contributed by atoms with van der Waals surface area (Å²) in [6, 6.07) is 2.54. The summed E-state index contributed by atoms with van der Waals surface area (Å²) < 4.78 is 5.81. The van der Waals surface area contributed by atoms with E-state index in [1.54, 1.807) is 0 Å². The van der Waals surface area contributed by atoms with Crippen LogP contribution in [0.25, 0.3) is 0 Å². The third-order valence-electron chi connectivity index (χ3n) is 6.18. The van der Waals surface area contributed by atoms with Crippen molar-refractivity contribution in [3.05, 3.63) is 23.7 Å². The normalized spacial score (nSPS) is 41.7. The number of furan rings is 1. The van der Waals surface area contributed by atoms with Crippen LogP contribution in [0.15, 0.2) is 16.7 Å². The standard InChI is InChI=1S/C17H25NO/c1-10-3-4-19-17(10)16(18-2)15-13-6-11-5-12(8-13)9-14(15)7-11/h3-4,11-16,18H,5-9H2,1-2H3. The lowest BCUT2D eigenvalue weighted by Crippen LogP contribution is -2.49. The monoisotopic (exact) mass is 259 g/mol. The Balaban J connectivity index is 1.66. The van der Waals surface area contributed by atoms with Crippen LogP contribution in [0, 0.1) is 36.5 Å². The maximum absolute atomic E-state index is 5.81. The number of aryl methyl sites for hydroxylation is 1. The Morgan fingerprint density at radius 3 is 2.21 bits per heavy atom. The second-order valence-corrected chi connectivity index (χ2v) is 7.24. The lowest BCUT2D eigenvalue weighted by Gasteiger charge is -2.56. The Hall–Kier alpha value is -0.760. The Bertz CT molecular complexity index is 436. The predicted octanol–water partition coefficient (Wildman–Crippen LogP) is 3.92. The Labute approximate surface area is 116 Å². The van der Waals surface area contributed by atoms with Crippen molar-refractivity contribution < 1.29 is 4.42 Å². The summed E-state index contributed by atoms with van der Waals surface area (Å²) in [7, 11) is 2.11. The van der Waals surface area contributed by atoms with Crippen molar-refractivity contribution in [2.24, 2.45) is 29.6 Å². The van der Waals surface area contributed by atoms with Gasteiger partial charge in [0.05, 0.1) is 12.3 Å². The first-order chi connectivity index (χ1) is 9.26. The first kappa shape index (κ1) is 12.0. The van der Waals surface area contributed by atoms with E-state index in [-0.39, 0.29) is 0 Å². The average Bonchev–Trinajstić information content (AvgIpc) is 2.79. The maximum Gasteiger partial charge on any atom is 0.123 e. The van der Waals surface area contributed by atoms with Gasteiger partial charge >= 0.3 is 0 Å². The molecular weight excluding hydrogens is 234 g/mol. The molecule has 4 bridgehead atoms. The molecule has 1 atom stereocenters. The molecule has 0 amide bonds. The zero-order valence-electron chi connectivity index (χ0n) is 12.1. The lowest BCUT2D eigenvalue weighted by atomic mass is 9.50. The van der Waals surface area contributed by atoms with Crippen LogP contribution in [-0.2, 0) is 0 Å². The maximum atomic E-state index is 5.81. The van der Waals surface area contributed by atoms with Crippen LogP contribution in [0.5, 0.6) is 0 Å². The molecule has 4 saturated carbocycles. The summed E-state index contributed by atoms with van der Waals surface area (Å²) >= 11 is 0. The second kappa shape index (κ2) is 4.37. The number of hydrogen-bond donors (Lipinski definition) is 1. The minimum Gasteiger partial charge on any atom is -0.467 e. The SMILES string of the molecule is CNC(c1occc1C)C1C2CC3CC(C2)CC1C3. The van der Waals surface area contributed by atoms with Crippen molar-refractivity contribution >= 4 is 0 Å². The minimum atomic E-state index is 0.435. The summed E-state index contributed by atoms with van der Waals surface area (Å²) in [5.74, 6) is 5.99. The second-order valence-electron chi connectivity index (χ2n) is 7.24. The van der Waals surface area contributed by atoms with E-state index in [1.807, 2.05) is 6.26 Å². The molecule has 2 nitrogen and oxygen atoms in total. The van der Waals surface area contributed by atoms with Crippen molar-refractivity contribution in [2.45, 2.75) is 45.1 Å². The number of rotatable bonds is 3. The van der Waals surface area contributed by atoms with E-state index in [4.69, 9.17) is 4.42 Å². The van der Waals surface area contributed by atoms with Crippen LogP contribution in [0.1, 0.15) is 49.5 Å². The van der Waals surface area contributed by atoms with Crippen LogP contribution >= 0.6 is 0 Å². The smallest absolute Gasteiger partial charge is 0.123 e. The van der Waals surface area contributed by atoms with E-state index in [1.165, 1.54) is 43.4 Å². The first-order valence-corrected chi connectivity index (χ1v) is 7.97. The average molecular weight is 259 g/mol. The Morgan fingerprint density at radius 1 is 1.11 bits per heavy atom. The largest absolute Gasteiger partial charge is 0.467 e. The summed E-state index contributed by atoms with van der Waals surface area (Å²) in [6.45, 7) is 2.18. The minimum absolute atomic E-state index is 0.435. The van der Waals surface area contributed by atoms with Gasteiger partial charge < -0.3 is 9.73 Å². The van der Waals surface area contributed by atoms with Crippen molar-refractivity contribution in [1.29, 1.82) is 0 Å². The molecule has 4 aliphatic rings. The Kier molecular flexibility index (Phi) is 2.77. The van der Waals surface area contributed by atoms with E-state index in [0.717, 1.165) is 29.6 Å². The van der Waals surface area contributed by atoms with Gasteiger partial charge in [0.1, 0.15) is 5.76 Å². The molecule has 0 spiro atoms. The lowest BCUT2D eigenvalue weighted by molar-refractivity contribution is -0.0543. The molecular formula is C17H25NO. The number of hydrogen-bond acceptors (Lipinski definition) is 2. The first-order valence-electron chi connectivity index (χ1n) is 7.97. The molecule has 1 unspecified atom stereocenters. The van der Waals surface area contributed by atoms with Gasteiger partial charge in [0.2, 0.25) is 0 Å². The fourth-order valence-electron chi connectivity index (χ4n) is 5.71. The van der Waals surface area contributed by atoms with Gasteiger partial charge in [-0.25, -0.2) is 0 Å². The van der Waals surface area contributed by atoms with Gasteiger partial charge in [0, 0.05) is 0 Å². The molecule has 1 N–H and O–H groups in total. The highest BCUT2D eigenvalue weighted by molar-refractivity contribution is 5.20. The molecule has 1 heterocycles. The van der Waals surface area contributed by atoms with E-state index >= 15 is 0 Å². The number of nitrogens with one attached hydrogen (secondary N) is 1. The van der Waals surface area contributed by atoms with Crippen LogP contribution < -0.4 is 5.32 Å². The summed E-state index contributed by atoms with van der Waals surface area (Å²) in [4.78, 5) is 0. The molecule has 0 aliphatic heterocycles. The third-order valence-corrected chi connectivity index (χ3v) is 6.18. The summed E-state index contributed by atoms with van der Waals surface area (Å²) in [5.41, 5.74) is 1.31. The van der Waals surface area contributed by atoms with Gasteiger partial charge in [-0.3, -0.25) is 0 Å². The van der Waals surface area contributed by atoms with Crippen LogP contribution in [0.2, 0.25) is 0 Å². The third kappa shape index (κ3) is 1.79. The van der Waals surface area contributed by atoms with Crippen LogP contribution in [0.4, 0.5) is 0 Å². The van der Waals surface area contributed by atoms with Crippen molar-refractivity contribution in [3.8, 4) is 0 Å². The van der Waals surface area contributed by atoms with Gasteiger partial charge in [-0.2, -0.15) is 0 Å². The van der Waals surface area contributed by atoms with Crippen molar-refractivity contribution in [1.82, 2.24) is 5.32 Å². The zero-order valence-corrected chi connectivity index (χ0v) is 12.1. The van der Waals surface area contributed by atoms with Gasteiger partial charge in [-0.1, -0.05) is 0 Å². The highest BCUT2D eigenvalue weighted by Gasteiger charge is 2.51. The highest BCUT2D eigenvalue weighted by Crippen LogP contribution is 2.59. The molecule has 1 aromatic heterocycles. The summed E-state index contributed by atoms with van der Waals surface area (Å²) in [6.07, 6.45) is 9.31. The molecule has 19 heavy (non-hydrogen) atoms. The molecule has 104 valence electrons. The molecule has 0 aromatic carbocycles. The van der Waals surface area contributed by atoms with E-state index < -0.39 is 0 Å². The van der Waals surface area contributed by atoms with E-state index in [2.05, 4.69) is 25.4 Å². The quantitative estimate of drug-likeness (QED) is 0.890. The van der Waals surface area contributed by atoms with Crippen molar-refractivity contribution in [2.75, 3.05) is 7.05 Å².